The average molecular weight is 196 g/mol. The number of ether oxygens (including phenoxy) is 1. The third-order valence-electron chi connectivity index (χ3n) is 1.63. The van der Waals surface area contributed by atoms with Crippen molar-refractivity contribution >= 4 is 6.16 Å². The molecule has 0 aromatic heterocycles. The molecule has 0 atom stereocenters. The van der Waals surface area contributed by atoms with E-state index in [4.69, 9.17) is 4.74 Å². The summed E-state index contributed by atoms with van der Waals surface area (Å²) in [5.74, 6) is 0. The van der Waals surface area contributed by atoms with Crippen LogP contribution in [0.2, 0.25) is 0 Å². The molecule has 0 spiro atoms. The Morgan fingerprint density at radius 1 is 1.29 bits per heavy atom. The lowest BCUT2D eigenvalue weighted by Gasteiger charge is -2.03. The Hall–Kier alpha value is -1.55. The van der Waals surface area contributed by atoms with Gasteiger partial charge in [-0.2, -0.15) is 4.89 Å². The van der Waals surface area contributed by atoms with Crippen LogP contribution in [-0.2, 0) is 21.1 Å². The lowest BCUT2D eigenvalue weighted by atomic mass is 10.2. The minimum atomic E-state index is -0.840. The third-order valence-corrected chi connectivity index (χ3v) is 1.63. The van der Waals surface area contributed by atoms with Crippen LogP contribution >= 0.6 is 0 Å². The van der Waals surface area contributed by atoms with Crippen molar-refractivity contribution < 1.29 is 19.3 Å². The molecule has 0 bridgehead atoms. The molecule has 0 heterocycles. The highest BCUT2D eigenvalue weighted by atomic mass is 17.2. The monoisotopic (exact) mass is 196 g/mol. The quantitative estimate of drug-likeness (QED) is 0.422. The van der Waals surface area contributed by atoms with E-state index in [0.717, 1.165) is 11.1 Å². The number of carbonyl (C=O) groups is 1. The molecular formula is C10H12O4. The maximum Gasteiger partial charge on any atom is 0.540 e. The molecule has 4 heteroatoms. The SMILES string of the molecule is COOC(=O)OCc1ccc(C)cc1. The summed E-state index contributed by atoms with van der Waals surface area (Å²) in [6, 6.07) is 7.66. The van der Waals surface area contributed by atoms with Crippen molar-refractivity contribution in [3.05, 3.63) is 35.4 Å². The lowest BCUT2D eigenvalue weighted by Crippen LogP contribution is -2.06. The highest BCUT2D eigenvalue weighted by Gasteiger charge is 2.03. The Balaban J connectivity index is 2.38. The fourth-order valence-electron chi connectivity index (χ4n) is 0.919. The van der Waals surface area contributed by atoms with Crippen LogP contribution in [0.1, 0.15) is 11.1 Å². The molecule has 0 aliphatic rings. The molecule has 0 N–H and O–H groups in total. The van der Waals surface area contributed by atoms with Gasteiger partial charge < -0.3 is 4.74 Å². The number of carbonyl (C=O) groups excluding carboxylic acids is 1. The molecule has 0 saturated heterocycles. The van der Waals surface area contributed by atoms with E-state index >= 15 is 0 Å². The molecule has 1 aromatic rings. The van der Waals surface area contributed by atoms with Crippen molar-refractivity contribution in [1.29, 1.82) is 0 Å². The van der Waals surface area contributed by atoms with Crippen molar-refractivity contribution in [2.45, 2.75) is 13.5 Å². The Kier molecular flexibility index (Phi) is 3.94. The zero-order valence-corrected chi connectivity index (χ0v) is 8.15. The van der Waals surface area contributed by atoms with Crippen LogP contribution in [-0.4, -0.2) is 13.3 Å². The second-order valence-electron chi connectivity index (χ2n) is 2.77. The summed E-state index contributed by atoms with van der Waals surface area (Å²) in [5.41, 5.74) is 2.07. The summed E-state index contributed by atoms with van der Waals surface area (Å²) < 4.78 is 4.72. The van der Waals surface area contributed by atoms with Gasteiger partial charge in [0.1, 0.15) is 6.61 Å². The molecule has 0 unspecified atom stereocenters. The first kappa shape index (κ1) is 10.5. The van der Waals surface area contributed by atoms with Gasteiger partial charge in [-0.3, -0.25) is 4.89 Å². The topological polar surface area (TPSA) is 44.8 Å². The number of benzene rings is 1. The molecule has 1 aromatic carbocycles. The van der Waals surface area contributed by atoms with Gasteiger partial charge >= 0.3 is 6.16 Å². The van der Waals surface area contributed by atoms with Gasteiger partial charge in [0.05, 0.1) is 7.11 Å². The zero-order chi connectivity index (χ0) is 10.4. The molecule has 1 rings (SSSR count). The fraction of sp³-hybridized carbons (Fsp3) is 0.300. The van der Waals surface area contributed by atoms with E-state index in [-0.39, 0.29) is 6.61 Å². The van der Waals surface area contributed by atoms with Crippen LogP contribution in [0.3, 0.4) is 0 Å². The van der Waals surface area contributed by atoms with Crippen molar-refractivity contribution in [3.63, 3.8) is 0 Å². The summed E-state index contributed by atoms with van der Waals surface area (Å²) in [7, 11) is 1.24. The molecule has 0 radical (unpaired) electrons. The highest BCUT2D eigenvalue weighted by molar-refractivity contribution is 5.59. The Morgan fingerprint density at radius 2 is 1.93 bits per heavy atom. The average Bonchev–Trinajstić information content (AvgIpc) is 2.17. The molecule has 14 heavy (non-hydrogen) atoms. The zero-order valence-electron chi connectivity index (χ0n) is 8.15. The maximum absolute atomic E-state index is 10.7. The standard InChI is InChI=1S/C10H12O4/c1-8-3-5-9(6-4-8)7-13-10(11)14-12-2/h3-6H,7H2,1-2H3. The second-order valence-corrected chi connectivity index (χ2v) is 2.77. The summed E-state index contributed by atoms with van der Waals surface area (Å²) in [4.78, 5) is 19.0. The smallest absolute Gasteiger partial charge is 0.427 e. The molecule has 0 aliphatic carbocycles. The fourth-order valence-corrected chi connectivity index (χ4v) is 0.919. The minimum absolute atomic E-state index is 0.183. The summed E-state index contributed by atoms with van der Waals surface area (Å²) in [6.07, 6.45) is -0.840. The number of rotatable bonds is 3. The van der Waals surface area contributed by atoms with Crippen LogP contribution in [0.4, 0.5) is 4.79 Å². The van der Waals surface area contributed by atoms with Crippen molar-refractivity contribution in [2.75, 3.05) is 7.11 Å². The Labute approximate surface area is 82.3 Å². The third kappa shape index (κ3) is 3.45. The molecule has 4 nitrogen and oxygen atoms in total. The van der Waals surface area contributed by atoms with Gasteiger partial charge in [0.2, 0.25) is 0 Å². The van der Waals surface area contributed by atoms with Gasteiger partial charge in [-0.1, -0.05) is 29.8 Å². The van der Waals surface area contributed by atoms with E-state index in [1.54, 1.807) is 0 Å². The summed E-state index contributed by atoms with van der Waals surface area (Å²) >= 11 is 0. The largest absolute Gasteiger partial charge is 0.540 e. The van der Waals surface area contributed by atoms with Crippen LogP contribution < -0.4 is 0 Å². The highest BCUT2D eigenvalue weighted by Crippen LogP contribution is 2.04. The first-order valence-corrected chi connectivity index (χ1v) is 4.15. The number of aryl methyl sites for hydroxylation is 1. The normalized spacial score (nSPS) is 9.57. The van der Waals surface area contributed by atoms with Gasteiger partial charge in [-0.25, -0.2) is 4.79 Å². The van der Waals surface area contributed by atoms with Gasteiger partial charge in [0.15, 0.2) is 0 Å². The van der Waals surface area contributed by atoms with Crippen molar-refractivity contribution in [1.82, 2.24) is 0 Å². The van der Waals surface area contributed by atoms with E-state index in [1.165, 1.54) is 7.11 Å². The molecular weight excluding hydrogens is 184 g/mol. The van der Waals surface area contributed by atoms with E-state index < -0.39 is 6.16 Å². The van der Waals surface area contributed by atoms with Gasteiger partial charge in [0, 0.05) is 0 Å². The van der Waals surface area contributed by atoms with Crippen LogP contribution in [0, 0.1) is 6.92 Å². The van der Waals surface area contributed by atoms with E-state index in [0.29, 0.717) is 0 Å². The van der Waals surface area contributed by atoms with Crippen LogP contribution in [0.5, 0.6) is 0 Å². The molecule has 0 fully saturated rings. The number of hydrogen-bond donors (Lipinski definition) is 0. The summed E-state index contributed by atoms with van der Waals surface area (Å²) in [6.45, 7) is 2.17. The second kappa shape index (κ2) is 5.24. The first-order chi connectivity index (χ1) is 6.72. The van der Waals surface area contributed by atoms with E-state index in [2.05, 4.69) is 9.78 Å². The molecule has 0 aliphatic heterocycles. The lowest BCUT2D eigenvalue weighted by molar-refractivity contribution is -0.232. The van der Waals surface area contributed by atoms with E-state index in [9.17, 15) is 4.79 Å². The predicted molar refractivity (Wildman–Crippen MR) is 49.5 cm³/mol. The van der Waals surface area contributed by atoms with Gasteiger partial charge in [-0.15, -0.1) is 0 Å². The first-order valence-electron chi connectivity index (χ1n) is 4.15. The Morgan fingerprint density at radius 3 is 2.50 bits per heavy atom. The summed E-state index contributed by atoms with van der Waals surface area (Å²) in [5, 5.41) is 0. The van der Waals surface area contributed by atoms with Crippen LogP contribution in [0.25, 0.3) is 0 Å². The van der Waals surface area contributed by atoms with Gasteiger partial charge in [0.25, 0.3) is 0 Å². The Bertz CT molecular complexity index is 291. The van der Waals surface area contributed by atoms with Crippen molar-refractivity contribution in [2.24, 2.45) is 0 Å². The van der Waals surface area contributed by atoms with Crippen molar-refractivity contribution in [3.8, 4) is 0 Å². The number of hydrogen-bond acceptors (Lipinski definition) is 4. The molecule has 0 amide bonds. The molecule has 76 valence electrons. The van der Waals surface area contributed by atoms with Crippen LogP contribution in [0.15, 0.2) is 24.3 Å². The molecule has 0 saturated carbocycles. The van der Waals surface area contributed by atoms with E-state index in [1.807, 2.05) is 31.2 Å². The predicted octanol–water partition coefficient (Wildman–Crippen LogP) is 2.21. The minimum Gasteiger partial charge on any atom is -0.427 e. The maximum atomic E-state index is 10.7. The van der Waals surface area contributed by atoms with Gasteiger partial charge in [-0.05, 0) is 12.5 Å².